The molecule has 0 bridgehead atoms. The van der Waals surface area contributed by atoms with Gasteiger partial charge in [0.25, 0.3) is 0 Å². The number of hydrogen-bond donors (Lipinski definition) is 2. The number of benzene rings is 6. The van der Waals surface area contributed by atoms with E-state index in [9.17, 15) is 0 Å². The molecule has 1 aliphatic heterocycles. The lowest BCUT2D eigenvalue weighted by Gasteiger charge is -2.34. The van der Waals surface area contributed by atoms with Crippen LogP contribution >= 0.6 is 23.7 Å². The summed E-state index contributed by atoms with van der Waals surface area (Å²) in [6.07, 6.45) is 5.13. The molecular weight excluding hydrogens is 807 g/mol. The van der Waals surface area contributed by atoms with E-state index in [1.807, 2.05) is 115 Å². The molecule has 7 rings (SSSR count). The average molecular weight is 864 g/mol. The number of rotatable bonds is 21. The van der Waals surface area contributed by atoms with Gasteiger partial charge in [0.15, 0.2) is 11.5 Å². The van der Waals surface area contributed by atoms with Crippen molar-refractivity contribution in [3.05, 3.63) is 164 Å². The number of nitrogens with one attached hydrogen (secondary N) is 2. The van der Waals surface area contributed by atoms with Crippen molar-refractivity contribution in [3.63, 3.8) is 0 Å². The van der Waals surface area contributed by atoms with E-state index < -0.39 is 23.7 Å². The highest BCUT2D eigenvalue weighted by atomic mass is 31.3. The normalized spacial score (nSPS) is 19.9. The summed E-state index contributed by atoms with van der Waals surface area (Å²) in [4.78, 5) is 7.35. The molecule has 1 aliphatic rings. The fourth-order valence-corrected chi connectivity index (χ4v) is 16.7. The smallest absolute Gasteiger partial charge is 0.423 e. The first-order chi connectivity index (χ1) is 29.4. The highest BCUT2D eigenvalue weighted by molar-refractivity contribution is 7.88. The van der Waals surface area contributed by atoms with Crippen molar-refractivity contribution in [2.75, 3.05) is 19.8 Å². The molecule has 0 saturated heterocycles. The largest absolute Gasteiger partial charge is 0.571 e. The Bertz CT molecular complexity index is 2250. The Morgan fingerprint density at radius 2 is 0.850 bits per heavy atom. The van der Waals surface area contributed by atoms with E-state index in [1.54, 1.807) is 0 Å². The summed E-state index contributed by atoms with van der Waals surface area (Å²) in [5.41, 5.74) is 6.54. The molecule has 60 heavy (non-hydrogen) atoms. The predicted octanol–water partition coefficient (Wildman–Crippen LogP) is 15.2. The fourth-order valence-electron chi connectivity index (χ4n) is 6.37. The van der Waals surface area contributed by atoms with Crippen LogP contribution in [0.4, 0.5) is 0 Å². The van der Waals surface area contributed by atoms with Gasteiger partial charge in [-0.25, -0.2) is 0 Å². The van der Waals surface area contributed by atoms with Gasteiger partial charge in [-0.3, -0.25) is 13.6 Å². The Hall–Kier alpha value is -4.39. The van der Waals surface area contributed by atoms with Gasteiger partial charge in [0.05, 0.1) is 24.7 Å². The Balaban J connectivity index is 1.34. The summed E-state index contributed by atoms with van der Waals surface area (Å²) >= 11 is 0. The summed E-state index contributed by atoms with van der Waals surface area (Å²) in [5.74, 6) is 1.75. The lowest BCUT2D eigenvalue weighted by atomic mass is 10.1. The Kier molecular flexibility index (Phi) is 15.6. The van der Waals surface area contributed by atoms with E-state index in [0.29, 0.717) is 37.1 Å². The second-order valence-electron chi connectivity index (χ2n) is 14.4. The summed E-state index contributed by atoms with van der Waals surface area (Å²) in [6.45, 7) is 7.55. The maximum atomic E-state index is 7.08. The van der Waals surface area contributed by atoms with E-state index in [2.05, 4.69) is 79.0 Å². The highest BCUT2D eigenvalue weighted by Crippen LogP contribution is 2.81. The SMILES string of the molecule is CCCCOP1(Oc2ccc(-c3ccccc3)cc2)=N[P+](OCCCC)(Oc2ccc(-c3ccccc3)cc2)N[P+](OCCCC)(Oc2ccc(-c3ccccc3)cc2)N1. The van der Waals surface area contributed by atoms with Gasteiger partial charge < -0.3 is 4.52 Å². The third kappa shape index (κ3) is 11.7. The van der Waals surface area contributed by atoms with E-state index >= 15 is 0 Å². The molecule has 0 spiro atoms. The van der Waals surface area contributed by atoms with Crippen molar-refractivity contribution < 1.29 is 27.1 Å². The molecule has 2 N–H and O–H groups in total. The van der Waals surface area contributed by atoms with Crippen LogP contribution in [0.2, 0.25) is 0 Å². The first kappa shape index (κ1) is 43.7. The molecule has 6 aromatic rings. The quantitative estimate of drug-likeness (QED) is 0.0546. The molecule has 6 aromatic carbocycles. The predicted molar refractivity (Wildman–Crippen MR) is 250 cm³/mol. The molecule has 312 valence electrons. The molecule has 3 atom stereocenters. The van der Waals surface area contributed by atoms with Crippen molar-refractivity contribution in [2.24, 2.45) is 4.52 Å². The van der Waals surface area contributed by atoms with Gasteiger partial charge in [0, 0.05) is 4.52 Å². The summed E-state index contributed by atoms with van der Waals surface area (Å²) in [7, 11) is -10.5. The molecule has 12 heteroatoms. The molecule has 0 saturated carbocycles. The zero-order valence-electron chi connectivity index (χ0n) is 34.7. The molecule has 1 heterocycles. The van der Waals surface area contributed by atoms with Crippen LogP contribution < -0.4 is 23.3 Å². The van der Waals surface area contributed by atoms with E-state index in [-0.39, 0.29) is 0 Å². The maximum Gasteiger partial charge on any atom is 0.571 e. The van der Waals surface area contributed by atoms with Crippen molar-refractivity contribution in [1.82, 2.24) is 9.72 Å². The van der Waals surface area contributed by atoms with E-state index in [4.69, 9.17) is 31.7 Å². The summed E-state index contributed by atoms with van der Waals surface area (Å²) in [6, 6.07) is 54.9. The second-order valence-corrected chi connectivity index (χ2v) is 21.2. The molecule has 0 amide bonds. The zero-order valence-corrected chi connectivity index (χ0v) is 37.4. The Labute approximate surface area is 357 Å². The van der Waals surface area contributed by atoms with Crippen LogP contribution in [0.15, 0.2) is 168 Å². The van der Waals surface area contributed by atoms with Gasteiger partial charge in [0.1, 0.15) is 5.75 Å². The van der Waals surface area contributed by atoms with Crippen LogP contribution in [0.5, 0.6) is 17.2 Å². The topological polar surface area (TPSA) is 91.8 Å². The average Bonchev–Trinajstić information content (AvgIpc) is 3.28. The van der Waals surface area contributed by atoms with Crippen molar-refractivity contribution >= 4 is 23.7 Å². The number of unbranched alkanes of at least 4 members (excludes halogenated alkanes) is 3. The third-order valence-corrected chi connectivity index (χ3v) is 18.6. The van der Waals surface area contributed by atoms with E-state index in [1.165, 1.54) is 0 Å². The molecule has 0 fully saturated rings. The first-order valence-electron chi connectivity index (χ1n) is 20.9. The first-order valence-corrected chi connectivity index (χ1v) is 25.7. The molecule has 0 radical (unpaired) electrons. The molecule has 0 aliphatic carbocycles. The standard InChI is InChI=1S/C48H56N3O6P3/c1-4-7-37-52-58(55-46-31-25-43(26-32-46)40-19-13-10-14-20-40)49-59(53-38-8-5-2,56-47-33-27-44(28-34-47)41-21-15-11-16-22-41)51-60(50-58,54-39-9-6-3)57-48-35-29-45(30-36-48)42-23-17-12-18-24-42/h10-36,49-50H,4-9,37-39H2,1-3H3/q+2. The zero-order chi connectivity index (χ0) is 41.5. The number of nitrogens with zero attached hydrogens (tertiary/aromatic N) is 1. The Morgan fingerprint density at radius 1 is 0.450 bits per heavy atom. The van der Waals surface area contributed by atoms with Crippen LogP contribution in [-0.2, 0) is 13.6 Å². The van der Waals surface area contributed by atoms with Gasteiger partial charge in [-0.1, -0.05) is 167 Å². The maximum absolute atomic E-state index is 7.08. The molecule has 0 aromatic heterocycles. The van der Waals surface area contributed by atoms with Gasteiger partial charge in [-0.2, -0.15) is 9.05 Å². The van der Waals surface area contributed by atoms with Crippen LogP contribution in [-0.4, -0.2) is 19.8 Å². The monoisotopic (exact) mass is 863 g/mol. The molecular formula is C48H56N3O6P3+2. The lowest BCUT2D eigenvalue weighted by molar-refractivity contribution is 0.252. The van der Waals surface area contributed by atoms with Crippen molar-refractivity contribution in [1.29, 1.82) is 0 Å². The lowest BCUT2D eigenvalue weighted by Crippen LogP contribution is -2.39. The number of hydrogen-bond acceptors (Lipinski definition) is 9. The second kappa shape index (κ2) is 21.4. The van der Waals surface area contributed by atoms with Gasteiger partial charge in [-0.15, -0.1) is 0 Å². The van der Waals surface area contributed by atoms with Crippen LogP contribution in [0, 0.1) is 0 Å². The minimum Gasteiger partial charge on any atom is -0.423 e. The minimum absolute atomic E-state index is 0.379. The van der Waals surface area contributed by atoms with E-state index in [0.717, 1.165) is 71.9 Å². The van der Waals surface area contributed by atoms with Crippen LogP contribution in [0.25, 0.3) is 33.4 Å². The Morgan fingerprint density at radius 3 is 1.32 bits per heavy atom. The molecule has 9 nitrogen and oxygen atoms in total. The summed E-state index contributed by atoms with van der Waals surface area (Å²) < 4.78 is 47.3. The van der Waals surface area contributed by atoms with Crippen molar-refractivity contribution in [3.8, 4) is 50.6 Å². The van der Waals surface area contributed by atoms with Crippen LogP contribution in [0.1, 0.15) is 59.3 Å². The van der Waals surface area contributed by atoms with Gasteiger partial charge >= 0.3 is 23.7 Å². The van der Waals surface area contributed by atoms with Gasteiger partial charge in [-0.05, 0) is 93.9 Å². The minimum atomic E-state index is -3.55. The fraction of sp³-hybridized carbons (Fsp3) is 0.250. The summed E-state index contributed by atoms with van der Waals surface area (Å²) in [5, 5.41) is 0. The molecule has 3 unspecified atom stereocenters. The van der Waals surface area contributed by atoms with Crippen molar-refractivity contribution in [2.45, 2.75) is 59.3 Å². The van der Waals surface area contributed by atoms with Gasteiger partial charge in [0.2, 0.25) is 0 Å². The third-order valence-electron chi connectivity index (χ3n) is 9.63. The highest BCUT2D eigenvalue weighted by Gasteiger charge is 2.72. The van der Waals surface area contributed by atoms with Crippen LogP contribution in [0.3, 0.4) is 0 Å².